The van der Waals surface area contributed by atoms with Crippen molar-refractivity contribution in [2.75, 3.05) is 11.9 Å². The number of hydrogen-bond donors (Lipinski definition) is 1. The molecule has 0 aromatic heterocycles. The van der Waals surface area contributed by atoms with E-state index in [0.717, 1.165) is 17.5 Å². The van der Waals surface area contributed by atoms with Crippen LogP contribution in [0.5, 0.6) is 5.75 Å². The van der Waals surface area contributed by atoms with Crippen molar-refractivity contribution in [1.29, 1.82) is 0 Å². The molecule has 0 atom stereocenters. The van der Waals surface area contributed by atoms with E-state index in [1.54, 1.807) is 19.1 Å². The molecule has 4 heteroatoms. The van der Waals surface area contributed by atoms with Crippen molar-refractivity contribution in [1.82, 2.24) is 0 Å². The smallest absolute Gasteiger partial charge is 0.262 e. The van der Waals surface area contributed by atoms with Crippen molar-refractivity contribution in [3.05, 3.63) is 59.4 Å². The summed E-state index contributed by atoms with van der Waals surface area (Å²) in [6.45, 7) is 3.66. The predicted molar refractivity (Wildman–Crippen MR) is 81.1 cm³/mol. The Morgan fingerprint density at radius 1 is 1.24 bits per heavy atom. The normalized spacial score (nSPS) is 10.2. The maximum Gasteiger partial charge on any atom is 0.262 e. The third-order valence-electron chi connectivity index (χ3n) is 3.11. The highest BCUT2D eigenvalue weighted by molar-refractivity contribution is 5.92. The first-order chi connectivity index (χ1) is 10.1. The van der Waals surface area contributed by atoms with Crippen LogP contribution in [0.3, 0.4) is 0 Å². The van der Waals surface area contributed by atoms with E-state index in [1.165, 1.54) is 6.07 Å². The number of halogens is 1. The molecule has 0 radical (unpaired) electrons. The summed E-state index contributed by atoms with van der Waals surface area (Å²) >= 11 is 0. The predicted octanol–water partition coefficient (Wildman–Crippen LogP) is 3.71. The second kappa shape index (κ2) is 6.88. The molecular weight excluding hydrogens is 269 g/mol. The second-order valence-corrected chi connectivity index (χ2v) is 4.78. The Balaban J connectivity index is 1.96. The molecule has 0 saturated carbocycles. The maximum absolute atomic E-state index is 13.6. The minimum Gasteiger partial charge on any atom is -0.483 e. The molecule has 2 aromatic carbocycles. The van der Waals surface area contributed by atoms with Crippen molar-refractivity contribution in [2.24, 2.45) is 0 Å². The van der Waals surface area contributed by atoms with Gasteiger partial charge in [0.2, 0.25) is 0 Å². The van der Waals surface area contributed by atoms with Crippen molar-refractivity contribution in [3.8, 4) is 5.75 Å². The third kappa shape index (κ3) is 4.05. The molecule has 0 bridgehead atoms. The van der Waals surface area contributed by atoms with Crippen LogP contribution in [0, 0.1) is 12.7 Å². The average molecular weight is 287 g/mol. The summed E-state index contributed by atoms with van der Waals surface area (Å²) in [6, 6.07) is 12.2. The SMILES string of the molecule is CCc1ccccc1OCC(=O)Nc1ccc(C)cc1F. The lowest BCUT2D eigenvalue weighted by molar-refractivity contribution is -0.118. The van der Waals surface area contributed by atoms with Crippen LogP contribution in [-0.2, 0) is 11.2 Å². The summed E-state index contributed by atoms with van der Waals surface area (Å²) in [6.07, 6.45) is 0.824. The Morgan fingerprint density at radius 3 is 2.71 bits per heavy atom. The highest BCUT2D eigenvalue weighted by atomic mass is 19.1. The van der Waals surface area contributed by atoms with E-state index in [0.29, 0.717) is 5.75 Å². The number of aryl methyl sites for hydroxylation is 2. The van der Waals surface area contributed by atoms with Gasteiger partial charge in [0.25, 0.3) is 5.91 Å². The Morgan fingerprint density at radius 2 is 2.00 bits per heavy atom. The summed E-state index contributed by atoms with van der Waals surface area (Å²) < 4.78 is 19.1. The number of carbonyl (C=O) groups excluding carboxylic acids is 1. The molecule has 0 unspecified atom stereocenters. The van der Waals surface area contributed by atoms with Crippen LogP contribution in [0.2, 0.25) is 0 Å². The zero-order valence-electron chi connectivity index (χ0n) is 12.2. The topological polar surface area (TPSA) is 38.3 Å². The molecule has 0 saturated heterocycles. The number of amides is 1. The molecule has 0 aliphatic carbocycles. The van der Waals surface area contributed by atoms with Gasteiger partial charge in [0.05, 0.1) is 5.69 Å². The van der Waals surface area contributed by atoms with Crippen LogP contribution >= 0.6 is 0 Å². The van der Waals surface area contributed by atoms with Crippen LogP contribution in [0.25, 0.3) is 0 Å². The minimum atomic E-state index is -0.447. The first kappa shape index (κ1) is 15.0. The number of nitrogens with one attached hydrogen (secondary N) is 1. The van der Waals surface area contributed by atoms with Gasteiger partial charge in [-0.25, -0.2) is 4.39 Å². The molecule has 1 amide bonds. The lowest BCUT2D eigenvalue weighted by Crippen LogP contribution is -2.21. The molecule has 21 heavy (non-hydrogen) atoms. The van der Waals surface area contributed by atoms with Gasteiger partial charge in [-0.15, -0.1) is 0 Å². The van der Waals surface area contributed by atoms with Gasteiger partial charge in [0.15, 0.2) is 6.61 Å². The van der Waals surface area contributed by atoms with E-state index in [4.69, 9.17) is 4.74 Å². The molecule has 0 aliphatic heterocycles. The summed E-state index contributed by atoms with van der Waals surface area (Å²) in [5.41, 5.74) is 2.00. The molecule has 3 nitrogen and oxygen atoms in total. The first-order valence-corrected chi connectivity index (χ1v) is 6.87. The molecule has 0 fully saturated rings. The van der Waals surface area contributed by atoms with Crippen LogP contribution in [0.1, 0.15) is 18.1 Å². The fourth-order valence-electron chi connectivity index (χ4n) is 1.99. The Bertz CT molecular complexity index is 640. The molecule has 0 heterocycles. The van der Waals surface area contributed by atoms with Gasteiger partial charge in [-0.2, -0.15) is 0 Å². The van der Waals surface area contributed by atoms with E-state index in [1.807, 2.05) is 31.2 Å². The summed E-state index contributed by atoms with van der Waals surface area (Å²) in [5.74, 6) is -0.152. The van der Waals surface area contributed by atoms with Crippen LogP contribution < -0.4 is 10.1 Å². The van der Waals surface area contributed by atoms with Crippen LogP contribution in [0.4, 0.5) is 10.1 Å². The fraction of sp³-hybridized carbons (Fsp3) is 0.235. The number of rotatable bonds is 5. The maximum atomic E-state index is 13.6. The highest BCUT2D eigenvalue weighted by Gasteiger charge is 2.09. The van der Waals surface area contributed by atoms with Gasteiger partial charge in [-0.05, 0) is 42.7 Å². The Labute approximate surface area is 123 Å². The summed E-state index contributed by atoms with van der Waals surface area (Å²) in [5, 5.41) is 2.51. The molecule has 2 rings (SSSR count). The first-order valence-electron chi connectivity index (χ1n) is 6.87. The molecule has 0 aliphatic rings. The van der Waals surface area contributed by atoms with Gasteiger partial charge in [-0.1, -0.05) is 31.2 Å². The second-order valence-electron chi connectivity index (χ2n) is 4.78. The molecule has 0 spiro atoms. The van der Waals surface area contributed by atoms with Gasteiger partial charge in [0, 0.05) is 0 Å². The number of anilines is 1. The number of ether oxygens (including phenoxy) is 1. The molecule has 1 N–H and O–H groups in total. The molecular formula is C17H18FNO2. The third-order valence-corrected chi connectivity index (χ3v) is 3.11. The molecule has 110 valence electrons. The van der Waals surface area contributed by atoms with Gasteiger partial charge >= 0.3 is 0 Å². The zero-order chi connectivity index (χ0) is 15.2. The number of para-hydroxylation sites is 1. The Hall–Kier alpha value is -2.36. The van der Waals surface area contributed by atoms with Gasteiger partial charge in [-0.3, -0.25) is 4.79 Å². The zero-order valence-corrected chi connectivity index (χ0v) is 12.2. The number of carbonyl (C=O) groups is 1. The van der Waals surface area contributed by atoms with E-state index < -0.39 is 5.82 Å². The van der Waals surface area contributed by atoms with Crippen molar-refractivity contribution < 1.29 is 13.9 Å². The minimum absolute atomic E-state index is 0.148. The highest BCUT2D eigenvalue weighted by Crippen LogP contribution is 2.19. The van der Waals surface area contributed by atoms with Gasteiger partial charge < -0.3 is 10.1 Å². The monoisotopic (exact) mass is 287 g/mol. The van der Waals surface area contributed by atoms with E-state index in [-0.39, 0.29) is 18.2 Å². The number of hydrogen-bond acceptors (Lipinski definition) is 2. The van der Waals surface area contributed by atoms with Gasteiger partial charge in [0.1, 0.15) is 11.6 Å². The van der Waals surface area contributed by atoms with Crippen LogP contribution in [0.15, 0.2) is 42.5 Å². The van der Waals surface area contributed by atoms with E-state index in [9.17, 15) is 9.18 Å². The summed E-state index contributed by atoms with van der Waals surface area (Å²) in [4.78, 5) is 11.8. The van der Waals surface area contributed by atoms with E-state index in [2.05, 4.69) is 5.32 Å². The molecule has 2 aromatic rings. The van der Waals surface area contributed by atoms with Crippen LogP contribution in [-0.4, -0.2) is 12.5 Å². The Kier molecular flexibility index (Phi) is 4.93. The average Bonchev–Trinajstić information content (AvgIpc) is 2.48. The largest absolute Gasteiger partial charge is 0.483 e. The quantitative estimate of drug-likeness (QED) is 0.910. The lowest BCUT2D eigenvalue weighted by atomic mass is 10.1. The standard InChI is InChI=1S/C17H18FNO2/c1-3-13-6-4-5-7-16(13)21-11-17(20)19-15-9-8-12(2)10-14(15)18/h4-10H,3,11H2,1-2H3,(H,19,20). The van der Waals surface area contributed by atoms with E-state index >= 15 is 0 Å². The summed E-state index contributed by atoms with van der Waals surface area (Å²) in [7, 11) is 0. The lowest BCUT2D eigenvalue weighted by Gasteiger charge is -2.11. The van der Waals surface area contributed by atoms with Crippen molar-refractivity contribution in [3.63, 3.8) is 0 Å². The van der Waals surface area contributed by atoms with Crippen molar-refractivity contribution in [2.45, 2.75) is 20.3 Å². The fourth-order valence-corrected chi connectivity index (χ4v) is 1.99. The number of benzene rings is 2. The van der Waals surface area contributed by atoms with Crippen molar-refractivity contribution >= 4 is 11.6 Å².